The maximum atomic E-state index is 12.8. The van der Waals surface area contributed by atoms with Crippen LogP contribution >= 0.6 is 0 Å². The Labute approximate surface area is 132 Å². The lowest BCUT2D eigenvalue weighted by Gasteiger charge is -2.10. The van der Waals surface area contributed by atoms with Crippen LogP contribution in [-0.2, 0) is 0 Å². The predicted molar refractivity (Wildman–Crippen MR) is 86.9 cm³/mol. The number of fused-ring (bicyclic) bond motifs is 1. The molecule has 0 saturated carbocycles. The number of rotatable bonds is 2. The number of benzene rings is 1. The van der Waals surface area contributed by atoms with E-state index in [1.165, 1.54) is 10.9 Å². The second-order valence-corrected chi connectivity index (χ2v) is 5.09. The van der Waals surface area contributed by atoms with Gasteiger partial charge in [0.2, 0.25) is 0 Å². The molecule has 0 fully saturated rings. The summed E-state index contributed by atoms with van der Waals surface area (Å²) in [4.78, 5) is 25.5. The molecule has 4 aromatic rings. The summed E-state index contributed by atoms with van der Waals surface area (Å²) in [5.41, 5.74) is 2.88. The van der Waals surface area contributed by atoms with Crippen LogP contribution in [0.2, 0.25) is 0 Å². The quantitative estimate of drug-likeness (QED) is 0.570. The van der Waals surface area contributed by atoms with Gasteiger partial charge in [0.15, 0.2) is 0 Å². The summed E-state index contributed by atoms with van der Waals surface area (Å²) in [5.74, 6) is -0.160. The Morgan fingerprint density at radius 1 is 0.957 bits per heavy atom. The van der Waals surface area contributed by atoms with Gasteiger partial charge in [-0.05, 0) is 24.3 Å². The summed E-state index contributed by atoms with van der Waals surface area (Å²) in [6.07, 6.45) is 8.09. The Balaban J connectivity index is 1.99. The van der Waals surface area contributed by atoms with Crippen LogP contribution in [0.25, 0.3) is 22.2 Å². The van der Waals surface area contributed by atoms with Crippen molar-refractivity contribution in [3.63, 3.8) is 0 Å². The topological polar surface area (TPSA) is 60.7 Å². The molecule has 110 valence electrons. The highest BCUT2D eigenvalue weighted by Crippen LogP contribution is 2.26. The fraction of sp³-hybridized carbons (Fsp3) is 0. The molecule has 0 saturated heterocycles. The second-order valence-electron chi connectivity index (χ2n) is 5.09. The third-order valence-corrected chi connectivity index (χ3v) is 3.65. The van der Waals surface area contributed by atoms with Crippen molar-refractivity contribution in [2.75, 3.05) is 0 Å². The van der Waals surface area contributed by atoms with Crippen LogP contribution in [-0.4, -0.2) is 25.4 Å². The van der Waals surface area contributed by atoms with Crippen LogP contribution < -0.4 is 0 Å². The van der Waals surface area contributed by atoms with Gasteiger partial charge in [0.05, 0.1) is 16.8 Å². The first-order valence-corrected chi connectivity index (χ1v) is 7.16. The Bertz CT molecular complexity index is 979. The average Bonchev–Trinajstić information content (AvgIpc) is 3.15. The van der Waals surface area contributed by atoms with Crippen molar-refractivity contribution in [1.29, 1.82) is 0 Å². The molecular formula is C18H12N4O. The van der Waals surface area contributed by atoms with Crippen molar-refractivity contribution in [2.45, 2.75) is 0 Å². The molecule has 5 heteroatoms. The lowest BCUT2D eigenvalue weighted by Crippen LogP contribution is -2.12. The molecule has 0 unspecified atom stereocenters. The van der Waals surface area contributed by atoms with Gasteiger partial charge in [-0.1, -0.05) is 18.2 Å². The Morgan fingerprint density at radius 3 is 2.57 bits per heavy atom. The summed E-state index contributed by atoms with van der Waals surface area (Å²) < 4.78 is 1.45. The second kappa shape index (κ2) is 5.46. The van der Waals surface area contributed by atoms with Gasteiger partial charge in [-0.15, -0.1) is 0 Å². The van der Waals surface area contributed by atoms with Crippen molar-refractivity contribution in [3.05, 3.63) is 79.1 Å². The van der Waals surface area contributed by atoms with E-state index < -0.39 is 0 Å². The number of nitrogens with zero attached hydrogens (tertiary/aromatic N) is 4. The maximum absolute atomic E-state index is 12.8. The molecule has 3 aromatic heterocycles. The first-order valence-electron chi connectivity index (χ1n) is 7.16. The van der Waals surface area contributed by atoms with Gasteiger partial charge < -0.3 is 0 Å². The van der Waals surface area contributed by atoms with Crippen LogP contribution in [0.1, 0.15) is 10.4 Å². The van der Waals surface area contributed by atoms with E-state index in [-0.39, 0.29) is 5.91 Å². The number of carbonyl (C=O) groups excluding carboxylic acids is 1. The van der Waals surface area contributed by atoms with Crippen molar-refractivity contribution in [3.8, 4) is 11.3 Å². The lowest BCUT2D eigenvalue weighted by molar-refractivity contribution is 0.0960. The standard InChI is InChI=1S/C18H12N4O/c23-18(22-10-9-20-12-22)15-11-14-3-1-2-4-16(14)21-17(15)13-5-7-19-8-6-13/h1-12H. The molecule has 0 N–H and O–H groups in total. The molecule has 4 rings (SSSR count). The third-order valence-electron chi connectivity index (χ3n) is 3.65. The third kappa shape index (κ3) is 2.38. The molecule has 23 heavy (non-hydrogen) atoms. The smallest absolute Gasteiger partial charge is 0.265 e. The van der Waals surface area contributed by atoms with Crippen LogP contribution in [0.5, 0.6) is 0 Å². The van der Waals surface area contributed by atoms with Gasteiger partial charge in [-0.3, -0.25) is 14.3 Å². The van der Waals surface area contributed by atoms with Crippen molar-refractivity contribution in [1.82, 2.24) is 19.5 Å². The van der Waals surface area contributed by atoms with E-state index in [0.29, 0.717) is 11.3 Å². The highest BCUT2D eigenvalue weighted by molar-refractivity contribution is 6.04. The monoisotopic (exact) mass is 300 g/mol. The molecule has 5 nitrogen and oxygen atoms in total. The van der Waals surface area contributed by atoms with Crippen LogP contribution in [0.3, 0.4) is 0 Å². The van der Waals surface area contributed by atoms with E-state index in [2.05, 4.69) is 9.97 Å². The molecule has 1 aromatic carbocycles. The number of pyridine rings is 2. The Morgan fingerprint density at radius 2 is 1.78 bits per heavy atom. The number of hydrogen-bond acceptors (Lipinski definition) is 4. The molecule has 3 heterocycles. The molecule has 0 radical (unpaired) electrons. The fourth-order valence-electron chi connectivity index (χ4n) is 2.53. The molecule has 0 spiro atoms. The van der Waals surface area contributed by atoms with E-state index >= 15 is 0 Å². The summed E-state index contributed by atoms with van der Waals surface area (Å²) in [6.45, 7) is 0. The average molecular weight is 300 g/mol. The summed E-state index contributed by atoms with van der Waals surface area (Å²) in [5, 5.41) is 0.925. The number of aromatic nitrogens is 4. The summed E-state index contributed by atoms with van der Waals surface area (Å²) in [6, 6.07) is 13.3. The molecule has 0 aliphatic heterocycles. The van der Waals surface area contributed by atoms with Crippen LogP contribution in [0, 0.1) is 0 Å². The summed E-state index contributed by atoms with van der Waals surface area (Å²) in [7, 11) is 0. The van der Waals surface area contributed by atoms with Gasteiger partial charge in [0.25, 0.3) is 5.91 Å². The van der Waals surface area contributed by atoms with Crippen LogP contribution in [0.4, 0.5) is 0 Å². The molecule has 0 aliphatic carbocycles. The van der Waals surface area contributed by atoms with E-state index in [1.54, 1.807) is 24.8 Å². The Hall–Kier alpha value is -3.34. The van der Waals surface area contributed by atoms with Gasteiger partial charge in [0.1, 0.15) is 6.33 Å². The fourth-order valence-corrected chi connectivity index (χ4v) is 2.53. The van der Waals surface area contributed by atoms with E-state index in [4.69, 9.17) is 4.98 Å². The SMILES string of the molecule is O=C(c1cc2ccccc2nc1-c1ccncc1)n1ccnc1. The molecule has 0 bridgehead atoms. The van der Waals surface area contributed by atoms with Crippen molar-refractivity contribution < 1.29 is 4.79 Å². The minimum absolute atomic E-state index is 0.160. The zero-order valence-corrected chi connectivity index (χ0v) is 12.1. The lowest BCUT2D eigenvalue weighted by atomic mass is 10.0. The molecule has 0 aliphatic rings. The minimum Gasteiger partial charge on any atom is -0.272 e. The Kier molecular flexibility index (Phi) is 3.16. The van der Waals surface area contributed by atoms with E-state index in [0.717, 1.165) is 16.5 Å². The first-order chi connectivity index (χ1) is 11.3. The molecular weight excluding hydrogens is 288 g/mol. The van der Waals surface area contributed by atoms with Crippen molar-refractivity contribution in [2.24, 2.45) is 0 Å². The zero-order valence-electron chi connectivity index (χ0n) is 12.1. The van der Waals surface area contributed by atoms with E-state index in [1.807, 2.05) is 42.5 Å². The summed E-state index contributed by atoms with van der Waals surface area (Å²) >= 11 is 0. The van der Waals surface area contributed by atoms with Gasteiger partial charge in [0, 0.05) is 35.7 Å². The maximum Gasteiger partial charge on any atom is 0.265 e. The first kappa shape index (κ1) is 13.3. The number of para-hydroxylation sites is 1. The van der Waals surface area contributed by atoms with Gasteiger partial charge in [-0.25, -0.2) is 9.97 Å². The van der Waals surface area contributed by atoms with E-state index in [9.17, 15) is 4.79 Å². The van der Waals surface area contributed by atoms with Crippen LogP contribution in [0.15, 0.2) is 73.6 Å². The largest absolute Gasteiger partial charge is 0.272 e. The number of carbonyl (C=O) groups is 1. The minimum atomic E-state index is -0.160. The molecule has 0 atom stereocenters. The van der Waals surface area contributed by atoms with Gasteiger partial charge >= 0.3 is 0 Å². The highest BCUT2D eigenvalue weighted by Gasteiger charge is 2.17. The number of imidazole rings is 1. The number of hydrogen-bond donors (Lipinski definition) is 0. The predicted octanol–water partition coefficient (Wildman–Crippen LogP) is 3.18. The van der Waals surface area contributed by atoms with Crippen molar-refractivity contribution >= 4 is 16.8 Å². The van der Waals surface area contributed by atoms with Gasteiger partial charge in [-0.2, -0.15) is 0 Å². The molecule has 0 amide bonds. The zero-order chi connectivity index (χ0) is 15.6. The highest BCUT2D eigenvalue weighted by atomic mass is 16.2. The normalized spacial score (nSPS) is 10.8.